The van der Waals surface area contributed by atoms with Gasteiger partial charge in [0.1, 0.15) is 0 Å². The molecule has 0 rings (SSSR count). The molecule has 0 spiro atoms. The van der Waals surface area contributed by atoms with Gasteiger partial charge in [0, 0.05) is 6.42 Å². The van der Waals surface area contributed by atoms with E-state index in [-0.39, 0.29) is 0 Å². The Kier molecular flexibility index (Phi) is 7.45. The van der Waals surface area contributed by atoms with Crippen LogP contribution in [0.4, 0.5) is 0 Å². The summed E-state index contributed by atoms with van der Waals surface area (Å²) in [5.74, 6) is 0. The topological polar surface area (TPSA) is 38.7 Å². The van der Waals surface area contributed by atoms with Gasteiger partial charge in [-0.1, -0.05) is 34.1 Å². The maximum Gasteiger partial charge on any atom is 0.238 e. The molecule has 1 atom stereocenters. The first kappa shape index (κ1) is 14.1. The highest BCUT2D eigenvalue weighted by atomic mass is 28.4. The minimum atomic E-state index is -1.69. The van der Waals surface area contributed by atoms with Crippen LogP contribution in [0.5, 0.6) is 0 Å². The molecule has 0 aliphatic heterocycles. The summed E-state index contributed by atoms with van der Waals surface area (Å²) in [6, 6.07) is 3.12. The Labute approximate surface area is 88.5 Å². The van der Waals surface area contributed by atoms with Gasteiger partial charge < -0.3 is 5.11 Å². The molecule has 0 amide bonds. The smallest absolute Gasteiger partial charge is 0.238 e. The van der Waals surface area contributed by atoms with Gasteiger partial charge in [-0.3, -0.25) is 4.58 Å². The Hall–Kier alpha value is 0.0969. The molecule has 0 aromatic carbocycles. The van der Waals surface area contributed by atoms with E-state index in [4.69, 9.17) is 9.46 Å². The van der Waals surface area contributed by atoms with Crippen LogP contribution >= 0.6 is 0 Å². The van der Waals surface area contributed by atoms with E-state index in [0.29, 0.717) is 6.42 Å². The van der Waals surface area contributed by atoms with Crippen LogP contribution < -0.4 is 0 Å². The van der Waals surface area contributed by atoms with Crippen LogP contribution in [0.25, 0.3) is 0 Å². The third kappa shape index (κ3) is 4.55. The van der Waals surface area contributed by atoms with Crippen LogP contribution in [0.1, 0.15) is 40.5 Å². The second-order valence-corrected chi connectivity index (χ2v) is 8.32. The van der Waals surface area contributed by atoms with E-state index in [9.17, 15) is 5.11 Å². The third-order valence-electron chi connectivity index (χ3n) is 2.80. The molecule has 3 nitrogen and oxygen atoms in total. The second-order valence-electron chi connectivity index (χ2n) is 3.67. The molecule has 0 fully saturated rings. The van der Waals surface area contributed by atoms with Crippen LogP contribution in [0.2, 0.25) is 18.1 Å². The Balaban J connectivity index is 3.92. The molecule has 1 unspecified atom stereocenters. The first-order valence-corrected chi connectivity index (χ1v) is 8.19. The van der Waals surface area contributed by atoms with E-state index < -0.39 is 14.6 Å². The molecule has 0 aromatic heterocycles. The highest BCUT2D eigenvalue weighted by molar-refractivity contribution is 6.73. The highest BCUT2D eigenvalue weighted by Crippen LogP contribution is 2.22. The van der Waals surface area contributed by atoms with Gasteiger partial charge in [-0.25, -0.2) is 4.89 Å². The minimum Gasteiger partial charge on any atom is -0.366 e. The monoisotopic (exact) mass is 220 g/mol. The fraction of sp³-hybridized carbons (Fsp3) is 1.00. The Morgan fingerprint density at radius 1 is 1.07 bits per heavy atom. The molecule has 0 aliphatic rings. The summed E-state index contributed by atoms with van der Waals surface area (Å²) in [7, 11) is -1.69. The molecule has 0 aliphatic carbocycles. The zero-order chi connectivity index (χ0) is 11.0. The molecular weight excluding hydrogens is 196 g/mol. The van der Waals surface area contributed by atoms with Gasteiger partial charge in [0.15, 0.2) is 6.29 Å². The average Bonchev–Trinajstić information content (AvgIpc) is 2.21. The molecule has 0 bridgehead atoms. The van der Waals surface area contributed by atoms with Crippen molar-refractivity contribution in [1.82, 2.24) is 0 Å². The summed E-state index contributed by atoms with van der Waals surface area (Å²) in [4.78, 5) is 5.04. The number of hydrogen-bond donors (Lipinski definition) is 1. The zero-order valence-corrected chi connectivity index (χ0v) is 10.9. The predicted molar refractivity (Wildman–Crippen MR) is 60.3 cm³/mol. The lowest BCUT2D eigenvalue weighted by Gasteiger charge is -2.27. The molecule has 1 N–H and O–H groups in total. The maximum absolute atomic E-state index is 9.37. The van der Waals surface area contributed by atoms with Crippen LogP contribution in [0.3, 0.4) is 0 Å². The van der Waals surface area contributed by atoms with Crippen molar-refractivity contribution in [3.05, 3.63) is 0 Å². The largest absolute Gasteiger partial charge is 0.366 e. The van der Waals surface area contributed by atoms with Crippen molar-refractivity contribution in [3.63, 3.8) is 0 Å². The second kappa shape index (κ2) is 7.40. The summed E-state index contributed by atoms with van der Waals surface area (Å²) >= 11 is 0. The Morgan fingerprint density at radius 2 is 1.57 bits per heavy atom. The number of rotatable bonds is 8. The fourth-order valence-electron chi connectivity index (χ4n) is 1.38. The number of aliphatic hydroxyl groups is 1. The van der Waals surface area contributed by atoms with Crippen molar-refractivity contribution in [3.8, 4) is 0 Å². The zero-order valence-electron chi connectivity index (χ0n) is 9.88. The van der Waals surface area contributed by atoms with Gasteiger partial charge >= 0.3 is 0 Å². The molecule has 14 heavy (non-hydrogen) atoms. The van der Waals surface area contributed by atoms with Gasteiger partial charge in [0.25, 0.3) is 0 Å². The maximum atomic E-state index is 9.37. The number of aliphatic hydroxyl groups excluding tert-OH is 1. The standard InChI is InChI=1S/C10H24O3Si/c1-5-9-10(11)12-13-14(6-2,7-3)8-4/h10-11H,5-9H2,1-4H3. The molecule has 0 radical (unpaired) electrons. The van der Waals surface area contributed by atoms with Crippen LogP contribution in [0.15, 0.2) is 0 Å². The van der Waals surface area contributed by atoms with E-state index in [1.807, 2.05) is 6.92 Å². The minimum absolute atomic E-state index is 0.640. The Bertz CT molecular complexity index is 129. The molecule has 4 heteroatoms. The molecular formula is C10H24O3Si. The summed E-state index contributed by atoms with van der Waals surface area (Å²) in [5, 5.41) is 9.37. The van der Waals surface area contributed by atoms with Crippen molar-refractivity contribution in [2.75, 3.05) is 0 Å². The number of hydrogen-bond acceptors (Lipinski definition) is 3. The lowest BCUT2D eigenvalue weighted by Crippen LogP contribution is -2.37. The van der Waals surface area contributed by atoms with Gasteiger partial charge in [0.2, 0.25) is 8.32 Å². The van der Waals surface area contributed by atoms with Crippen molar-refractivity contribution in [2.45, 2.75) is 65.0 Å². The first-order valence-electron chi connectivity index (χ1n) is 5.66. The van der Waals surface area contributed by atoms with E-state index in [0.717, 1.165) is 24.6 Å². The van der Waals surface area contributed by atoms with Gasteiger partial charge in [-0.2, -0.15) is 0 Å². The van der Waals surface area contributed by atoms with E-state index in [2.05, 4.69) is 20.8 Å². The van der Waals surface area contributed by atoms with Crippen molar-refractivity contribution >= 4 is 8.32 Å². The Morgan fingerprint density at radius 3 is 1.93 bits per heavy atom. The van der Waals surface area contributed by atoms with E-state index in [1.165, 1.54) is 0 Å². The van der Waals surface area contributed by atoms with Crippen LogP contribution in [-0.4, -0.2) is 19.7 Å². The van der Waals surface area contributed by atoms with E-state index >= 15 is 0 Å². The summed E-state index contributed by atoms with van der Waals surface area (Å²) in [6.45, 7) is 8.41. The first-order chi connectivity index (χ1) is 6.64. The molecule has 0 saturated heterocycles. The SMILES string of the molecule is CCCC(O)OO[Si](CC)(CC)CC. The van der Waals surface area contributed by atoms with E-state index in [1.54, 1.807) is 0 Å². The quantitative estimate of drug-likeness (QED) is 0.296. The molecule has 86 valence electrons. The van der Waals surface area contributed by atoms with Gasteiger partial charge in [-0.15, -0.1) is 0 Å². The average molecular weight is 220 g/mol. The predicted octanol–water partition coefficient (Wildman–Crippen LogP) is 3.06. The molecule has 0 aromatic rings. The summed E-state index contributed by atoms with van der Waals surface area (Å²) in [5.41, 5.74) is 0. The normalized spacial score (nSPS) is 14.4. The van der Waals surface area contributed by atoms with Crippen molar-refractivity contribution in [2.24, 2.45) is 0 Å². The lowest BCUT2D eigenvalue weighted by molar-refractivity contribution is -0.317. The van der Waals surface area contributed by atoms with Crippen molar-refractivity contribution < 1.29 is 14.6 Å². The summed E-state index contributed by atoms with van der Waals surface area (Å²) in [6.07, 6.45) is 0.793. The summed E-state index contributed by atoms with van der Waals surface area (Å²) < 4.78 is 5.48. The highest BCUT2D eigenvalue weighted by Gasteiger charge is 2.31. The lowest BCUT2D eigenvalue weighted by atomic mass is 10.3. The van der Waals surface area contributed by atoms with Crippen LogP contribution in [-0.2, 0) is 9.46 Å². The molecule has 0 heterocycles. The van der Waals surface area contributed by atoms with Gasteiger partial charge in [0.05, 0.1) is 0 Å². The van der Waals surface area contributed by atoms with Crippen molar-refractivity contribution in [1.29, 1.82) is 0 Å². The molecule has 0 saturated carbocycles. The fourth-order valence-corrected chi connectivity index (χ4v) is 3.55. The van der Waals surface area contributed by atoms with Gasteiger partial charge in [-0.05, 0) is 18.1 Å². The third-order valence-corrected chi connectivity index (χ3v) is 7.12. The van der Waals surface area contributed by atoms with Crippen LogP contribution in [0, 0.1) is 0 Å².